The lowest BCUT2D eigenvalue weighted by Crippen LogP contribution is -2.25. The van der Waals surface area contributed by atoms with Gasteiger partial charge < -0.3 is 10.2 Å². The van der Waals surface area contributed by atoms with Gasteiger partial charge in [0.25, 0.3) is 0 Å². The Hall–Kier alpha value is -1.32. The Bertz CT molecular complexity index is 449. The van der Waals surface area contributed by atoms with E-state index in [0.717, 1.165) is 42.5 Å². The highest BCUT2D eigenvalue weighted by Gasteiger charge is 2.22. The van der Waals surface area contributed by atoms with Gasteiger partial charge in [0.2, 0.25) is 0 Å². The average Bonchev–Trinajstić information content (AvgIpc) is 2.42. The fourth-order valence-corrected chi connectivity index (χ4v) is 2.13. The summed E-state index contributed by atoms with van der Waals surface area (Å²) in [5.74, 6) is 2.95. The van der Waals surface area contributed by atoms with Crippen LogP contribution in [0.15, 0.2) is 0 Å². The number of hydrogen-bond acceptors (Lipinski definition) is 4. The molecule has 1 rings (SSSR count). The van der Waals surface area contributed by atoms with Gasteiger partial charge in [0.15, 0.2) is 0 Å². The molecule has 0 radical (unpaired) electrons. The van der Waals surface area contributed by atoms with Crippen LogP contribution >= 0.6 is 0 Å². The molecular formula is C17H32N4. The number of hydrogen-bond donors (Lipinski definition) is 1. The van der Waals surface area contributed by atoms with Crippen LogP contribution in [-0.4, -0.2) is 30.1 Å². The van der Waals surface area contributed by atoms with Crippen LogP contribution in [0.1, 0.15) is 65.3 Å². The van der Waals surface area contributed by atoms with Crippen molar-refractivity contribution in [2.75, 3.05) is 30.4 Å². The van der Waals surface area contributed by atoms with E-state index in [0.29, 0.717) is 0 Å². The SMILES string of the molecule is CCCCN(C)c1nc(C(C)(C)C)nc(NCCC)c1C. The molecule has 1 heterocycles. The Labute approximate surface area is 130 Å². The molecule has 4 nitrogen and oxygen atoms in total. The molecule has 0 aliphatic heterocycles. The summed E-state index contributed by atoms with van der Waals surface area (Å²) in [4.78, 5) is 11.9. The maximum absolute atomic E-state index is 4.84. The van der Waals surface area contributed by atoms with Crippen molar-refractivity contribution in [1.29, 1.82) is 0 Å². The lowest BCUT2D eigenvalue weighted by Gasteiger charge is -2.25. The van der Waals surface area contributed by atoms with E-state index >= 15 is 0 Å². The third-order valence-corrected chi connectivity index (χ3v) is 3.54. The fourth-order valence-electron chi connectivity index (χ4n) is 2.13. The maximum Gasteiger partial charge on any atom is 0.138 e. The average molecular weight is 292 g/mol. The number of rotatable bonds is 7. The number of anilines is 2. The summed E-state index contributed by atoms with van der Waals surface area (Å²) < 4.78 is 0. The van der Waals surface area contributed by atoms with Gasteiger partial charge in [0, 0.05) is 31.1 Å². The molecule has 0 fully saturated rings. The Morgan fingerprint density at radius 1 is 1.10 bits per heavy atom. The first-order chi connectivity index (χ1) is 9.81. The summed E-state index contributed by atoms with van der Waals surface area (Å²) in [6.07, 6.45) is 3.47. The number of unbranched alkanes of at least 4 members (excludes halogenated alkanes) is 1. The molecule has 0 unspecified atom stereocenters. The third-order valence-electron chi connectivity index (χ3n) is 3.54. The zero-order chi connectivity index (χ0) is 16.0. The standard InChI is InChI=1S/C17H32N4/c1-8-10-12-21(7)15-13(3)14(18-11-9-2)19-16(20-15)17(4,5)6/h8-12H2,1-7H3,(H,18,19,20). The van der Waals surface area contributed by atoms with Crippen molar-refractivity contribution in [3.63, 3.8) is 0 Å². The summed E-state index contributed by atoms with van der Waals surface area (Å²) in [6.45, 7) is 15.0. The zero-order valence-corrected chi connectivity index (χ0v) is 14.9. The van der Waals surface area contributed by atoms with E-state index in [9.17, 15) is 0 Å². The second-order valence-electron chi connectivity index (χ2n) is 6.80. The first-order valence-electron chi connectivity index (χ1n) is 8.15. The Morgan fingerprint density at radius 2 is 1.76 bits per heavy atom. The molecule has 120 valence electrons. The first kappa shape index (κ1) is 17.7. The second-order valence-corrected chi connectivity index (χ2v) is 6.80. The van der Waals surface area contributed by atoms with Crippen molar-refractivity contribution in [1.82, 2.24) is 9.97 Å². The quantitative estimate of drug-likeness (QED) is 0.820. The number of nitrogens with zero attached hydrogens (tertiary/aromatic N) is 3. The van der Waals surface area contributed by atoms with Gasteiger partial charge in [-0.2, -0.15) is 0 Å². The Morgan fingerprint density at radius 3 is 2.29 bits per heavy atom. The molecule has 0 aromatic carbocycles. The molecule has 0 aliphatic carbocycles. The first-order valence-corrected chi connectivity index (χ1v) is 8.15. The summed E-state index contributed by atoms with van der Waals surface area (Å²) in [7, 11) is 2.13. The Balaban J connectivity index is 3.20. The van der Waals surface area contributed by atoms with Crippen LogP contribution in [0.3, 0.4) is 0 Å². The van der Waals surface area contributed by atoms with Gasteiger partial charge in [-0.25, -0.2) is 9.97 Å². The molecule has 0 amide bonds. The van der Waals surface area contributed by atoms with E-state index in [2.05, 4.69) is 58.8 Å². The van der Waals surface area contributed by atoms with Gasteiger partial charge in [-0.1, -0.05) is 41.0 Å². The van der Waals surface area contributed by atoms with Gasteiger partial charge in [-0.3, -0.25) is 0 Å². The smallest absolute Gasteiger partial charge is 0.138 e. The summed E-state index contributed by atoms with van der Waals surface area (Å²) in [5, 5.41) is 3.45. The molecule has 0 atom stereocenters. The summed E-state index contributed by atoms with van der Waals surface area (Å²) >= 11 is 0. The highest BCUT2D eigenvalue weighted by molar-refractivity contribution is 5.58. The normalized spacial score (nSPS) is 11.6. The van der Waals surface area contributed by atoms with Crippen LogP contribution < -0.4 is 10.2 Å². The lowest BCUT2D eigenvalue weighted by atomic mass is 9.95. The Kier molecular flexibility index (Phi) is 6.43. The van der Waals surface area contributed by atoms with Gasteiger partial charge in [0.1, 0.15) is 17.5 Å². The van der Waals surface area contributed by atoms with Crippen LogP contribution in [0.25, 0.3) is 0 Å². The van der Waals surface area contributed by atoms with Crippen molar-refractivity contribution in [2.45, 2.75) is 66.2 Å². The van der Waals surface area contributed by atoms with Crippen molar-refractivity contribution in [3.8, 4) is 0 Å². The van der Waals surface area contributed by atoms with Crippen molar-refractivity contribution in [3.05, 3.63) is 11.4 Å². The summed E-state index contributed by atoms with van der Waals surface area (Å²) in [5.41, 5.74) is 1.10. The largest absolute Gasteiger partial charge is 0.370 e. The van der Waals surface area contributed by atoms with E-state index in [1.54, 1.807) is 0 Å². The molecule has 0 aliphatic rings. The molecule has 1 N–H and O–H groups in total. The minimum atomic E-state index is -0.0449. The molecule has 0 spiro atoms. The van der Waals surface area contributed by atoms with E-state index in [-0.39, 0.29) is 5.41 Å². The van der Waals surface area contributed by atoms with E-state index in [1.807, 2.05) is 0 Å². The molecule has 0 saturated heterocycles. The zero-order valence-electron chi connectivity index (χ0n) is 14.9. The molecular weight excluding hydrogens is 260 g/mol. The van der Waals surface area contributed by atoms with E-state index < -0.39 is 0 Å². The molecule has 4 heteroatoms. The van der Waals surface area contributed by atoms with Crippen LogP contribution in [0.4, 0.5) is 11.6 Å². The second kappa shape index (κ2) is 7.62. The molecule has 1 aromatic rings. The molecule has 1 aromatic heterocycles. The predicted molar refractivity (Wildman–Crippen MR) is 92.4 cm³/mol. The maximum atomic E-state index is 4.84. The predicted octanol–water partition coefficient (Wildman–Crippen LogP) is 4.14. The molecule has 0 saturated carbocycles. The van der Waals surface area contributed by atoms with Crippen LogP contribution in [0.2, 0.25) is 0 Å². The topological polar surface area (TPSA) is 41.1 Å². The third kappa shape index (κ3) is 4.87. The lowest BCUT2D eigenvalue weighted by molar-refractivity contribution is 0.544. The molecule has 21 heavy (non-hydrogen) atoms. The van der Waals surface area contributed by atoms with Gasteiger partial charge in [0.05, 0.1) is 0 Å². The number of aromatic nitrogens is 2. The number of nitrogens with one attached hydrogen (secondary N) is 1. The van der Waals surface area contributed by atoms with Crippen LogP contribution in [0.5, 0.6) is 0 Å². The van der Waals surface area contributed by atoms with Crippen LogP contribution in [-0.2, 0) is 5.41 Å². The highest BCUT2D eigenvalue weighted by atomic mass is 15.2. The van der Waals surface area contributed by atoms with Gasteiger partial charge >= 0.3 is 0 Å². The van der Waals surface area contributed by atoms with Crippen molar-refractivity contribution < 1.29 is 0 Å². The summed E-state index contributed by atoms with van der Waals surface area (Å²) in [6, 6.07) is 0. The van der Waals surface area contributed by atoms with Crippen LogP contribution in [0, 0.1) is 6.92 Å². The monoisotopic (exact) mass is 292 g/mol. The van der Waals surface area contributed by atoms with Crippen molar-refractivity contribution in [2.24, 2.45) is 0 Å². The molecule has 0 bridgehead atoms. The fraction of sp³-hybridized carbons (Fsp3) is 0.765. The highest BCUT2D eigenvalue weighted by Crippen LogP contribution is 2.28. The van der Waals surface area contributed by atoms with Gasteiger partial charge in [-0.05, 0) is 19.8 Å². The minimum Gasteiger partial charge on any atom is -0.370 e. The van der Waals surface area contributed by atoms with Crippen molar-refractivity contribution >= 4 is 11.6 Å². The van der Waals surface area contributed by atoms with Gasteiger partial charge in [-0.15, -0.1) is 0 Å². The van der Waals surface area contributed by atoms with E-state index in [1.165, 1.54) is 12.8 Å². The van der Waals surface area contributed by atoms with E-state index in [4.69, 9.17) is 9.97 Å². The minimum absolute atomic E-state index is 0.0449.